The first kappa shape index (κ1) is 71.4. The summed E-state index contributed by atoms with van der Waals surface area (Å²) < 4.78 is 48.0. The van der Waals surface area contributed by atoms with Gasteiger partial charge in [-0.15, -0.1) is 43.0 Å². The lowest BCUT2D eigenvalue weighted by molar-refractivity contribution is 0.0914. The average Bonchev–Trinajstić information content (AvgIpc) is 1.38. The normalized spacial score (nSPS) is 10.4. The third-order valence-electron chi connectivity index (χ3n) is 14.1. The molecule has 508 valence electrons. The van der Waals surface area contributed by atoms with E-state index in [2.05, 4.69) is 67.1 Å². The van der Waals surface area contributed by atoms with E-state index in [0.29, 0.717) is 120 Å². The molecule has 4 heterocycles. The van der Waals surface area contributed by atoms with Crippen molar-refractivity contribution in [3.8, 4) is 68.9 Å². The van der Waals surface area contributed by atoms with Gasteiger partial charge in [0.25, 0.3) is 5.89 Å². The van der Waals surface area contributed by atoms with Gasteiger partial charge in [0.2, 0.25) is 29.4 Å². The number of methoxy groups -OCH3 is 6. The first-order valence-electron chi connectivity index (χ1n) is 29.9. The molecule has 12 aromatic rings. The number of ether oxygens (including phenoxy) is 6. The zero-order valence-corrected chi connectivity index (χ0v) is 55.2. The molecule has 0 aliphatic rings. The lowest BCUT2D eigenvalue weighted by Gasteiger charge is -2.13. The summed E-state index contributed by atoms with van der Waals surface area (Å²) in [6, 6.07) is 46.4. The van der Waals surface area contributed by atoms with Crippen molar-refractivity contribution >= 4 is 97.0 Å². The van der Waals surface area contributed by atoms with Gasteiger partial charge >= 0.3 is 23.6 Å². The van der Waals surface area contributed by atoms with E-state index in [-0.39, 0.29) is 35.9 Å². The monoisotopic (exact) mass is 1350 g/mol. The number of carbonyl (C=O) groups is 3. The van der Waals surface area contributed by atoms with Crippen molar-refractivity contribution in [2.24, 2.45) is 5.73 Å². The molecule has 29 nitrogen and oxygen atoms in total. The Labute approximate surface area is 567 Å². The number of amides is 2. The van der Waals surface area contributed by atoms with Gasteiger partial charge in [-0.2, -0.15) is 4.98 Å². The molecule has 98 heavy (non-hydrogen) atoms. The van der Waals surface area contributed by atoms with Crippen molar-refractivity contribution in [1.29, 1.82) is 0 Å². The Morgan fingerprint density at radius 3 is 1.16 bits per heavy atom. The number of fused-ring (bicyclic) bond motifs is 3. The average molecular weight is 1350 g/mol. The molecule has 0 atom stereocenters. The fourth-order valence-electron chi connectivity index (χ4n) is 9.39. The number of hydrogen-bond donors (Lipinski definition) is 9. The molecule has 0 bridgehead atoms. The highest BCUT2D eigenvalue weighted by Gasteiger charge is 2.19. The maximum Gasteiger partial charge on any atom is 0.308 e. The zero-order chi connectivity index (χ0) is 68.8. The fourth-order valence-corrected chi connectivity index (χ4v) is 9.39. The van der Waals surface area contributed by atoms with Gasteiger partial charge in [0.05, 0.1) is 48.2 Å². The number of benzene rings is 8. The third-order valence-corrected chi connectivity index (χ3v) is 14.1. The molecular formula is C68H72ClN17O12. The zero-order valence-electron chi connectivity index (χ0n) is 54.4. The molecule has 13 N–H and O–H groups in total. The van der Waals surface area contributed by atoms with Gasteiger partial charge in [0.1, 0.15) is 5.82 Å². The summed E-state index contributed by atoms with van der Waals surface area (Å²) in [7, 11) is 9.48. The van der Waals surface area contributed by atoms with Crippen LogP contribution in [0.25, 0.3) is 66.8 Å². The van der Waals surface area contributed by atoms with Crippen LogP contribution in [-0.2, 0) is 0 Å². The molecule has 0 spiro atoms. The van der Waals surface area contributed by atoms with Crippen molar-refractivity contribution in [1.82, 2.24) is 51.2 Å². The maximum atomic E-state index is 12.3. The number of nitrogens with zero attached hydrogens (tertiary/aromatic N) is 8. The van der Waals surface area contributed by atoms with E-state index >= 15 is 0 Å². The summed E-state index contributed by atoms with van der Waals surface area (Å²) in [6.45, 7) is 4.12. The number of Topliss-reactive ketones (excluding diaryl/α,β-unsaturated/α-hetero) is 1. The van der Waals surface area contributed by atoms with Crippen molar-refractivity contribution < 1.29 is 56.1 Å². The van der Waals surface area contributed by atoms with E-state index < -0.39 is 11.8 Å². The quantitative estimate of drug-likeness (QED) is 0.0163. The van der Waals surface area contributed by atoms with Crippen LogP contribution in [0.3, 0.4) is 0 Å². The number of nitrogens with two attached hydrogens (primary N) is 4. The van der Waals surface area contributed by atoms with Crippen LogP contribution in [0.4, 0.5) is 34.5 Å². The summed E-state index contributed by atoms with van der Waals surface area (Å²) >= 11 is 0. The molecule has 12 rings (SSSR count). The second-order valence-electron chi connectivity index (χ2n) is 20.6. The molecule has 0 fully saturated rings. The second-order valence-corrected chi connectivity index (χ2v) is 20.6. The van der Waals surface area contributed by atoms with Gasteiger partial charge in [0.15, 0.2) is 34.5 Å². The van der Waals surface area contributed by atoms with Crippen LogP contribution in [0.5, 0.6) is 34.5 Å². The molecule has 0 radical (unpaired) electrons. The maximum absolute atomic E-state index is 12.3. The van der Waals surface area contributed by atoms with Crippen molar-refractivity contribution in [2.75, 3.05) is 115 Å². The van der Waals surface area contributed by atoms with Crippen molar-refractivity contribution in [3.63, 3.8) is 0 Å². The van der Waals surface area contributed by atoms with Crippen molar-refractivity contribution in [2.45, 2.75) is 6.92 Å². The van der Waals surface area contributed by atoms with Gasteiger partial charge in [-0.1, -0.05) is 54.6 Å². The summed E-state index contributed by atoms with van der Waals surface area (Å²) in [5.74, 6) is 4.25. The van der Waals surface area contributed by atoms with Crippen LogP contribution in [0.2, 0.25) is 0 Å². The van der Waals surface area contributed by atoms with Gasteiger partial charge < -0.3 is 91.2 Å². The SMILES string of the molecule is CC(=O)c1nnc(-c2ccccc2)o1.COc1cc2cc(NCCNC(=O)c3nnc(-c4ccccc4)o3)cc(N)c2cc1OC.COc1cc2cc(NCCNC(=O)c3nnc(-c4ccccc4)o3)cc(N)c2cc1OC.COc1cc2nc(NCCN)nc(N)c2cc1OC.Cl. The van der Waals surface area contributed by atoms with Crippen LogP contribution in [-0.4, -0.2) is 140 Å². The number of halogens is 1. The van der Waals surface area contributed by atoms with E-state index in [1.54, 1.807) is 54.8 Å². The van der Waals surface area contributed by atoms with Gasteiger partial charge in [0, 0.05) is 108 Å². The minimum absolute atomic E-state index is 0. The first-order valence-corrected chi connectivity index (χ1v) is 29.9. The molecule has 30 heteroatoms. The Morgan fingerprint density at radius 2 is 0.786 bits per heavy atom. The van der Waals surface area contributed by atoms with E-state index in [0.717, 1.165) is 55.0 Å². The number of hydrogen-bond acceptors (Lipinski definition) is 27. The van der Waals surface area contributed by atoms with Crippen LogP contribution in [0, 0.1) is 0 Å². The molecule has 4 aromatic heterocycles. The van der Waals surface area contributed by atoms with Crippen LogP contribution >= 0.6 is 12.4 Å². The Morgan fingerprint density at radius 1 is 0.418 bits per heavy atom. The molecular weight excluding hydrogens is 1280 g/mol. The Hall–Kier alpha value is -12.5. The van der Waals surface area contributed by atoms with Gasteiger partial charge in [-0.05, 0) is 102 Å². The minimum atomic E-state index is -0.434. The number of carbonyl (C=O) groups excluding carboxylic acids is 3. The molecule has 0 aliphatic carbocycles. The number of ketones is 1. The number of anilines is 6. The van der Waals surface area contributed by atoms with E-state index in [1.165, 1.54) is 6.92 Å². The smallest absolute Gasteiger partial charge is 0.308 e. The highest BCUT2D eigenvalue weighted by molar-refractivity contribution is 5.99. The summed E-state index contributed by atoms with van der Waals surface area (Å²) in [5.41, 5.74) is 29.6. The van der Waals surface area contributed by atoms with Crippen LogP contribution in [0.15, 0.2) is 165 Å². The second kappa shape index (κ2) is 34.6. The largest absolute Gasteiger partial charge is 0.493 e. The Kier molecular flexibility index (Phi) is 25.2. The molecule has 0 aliphatic heterocycles. The lowest BCUT2D eigenvalue weighted by Crippen LogP contribution is -2.29. The number of nitrogen functional groups attached to an aromatic ring is 3. The number of nitrogens with one attached hydrogen (secondary N) is 5. The predicted molar refractivity (Wildman–Crippen MR) is 376 cm³/mol. The van der Waals surface area contributed by atoms with Gasteiger partial charge in [-0.25, -0.2) is 4.98 Å². The Bertz CT molecular complexity index is 4450. The molecule has 0 unspecified atom stereocenters. The van der Waals surface area contributed by atoms with E-state index in [9.17, 15) is 14.4 Å². The van der Waals surface area contributed by atoms with Crippen molar-refractivity contribution in [3.05, 3.63) is 169 Å². The predicted octanol–water partition coefficient (Wildman–Crippen LogP) is 9.62. The minimum Gasteiger partial charge on any atom is -0.493 e. The van der Waals surface area contributed by atoms with E-state index in [4.69, 9.17) is 64.6 Å². The molecule has 0 saturated carbocycles. The molecule has 8 aromatic carbocycles. The van der Waals surface area contributed by atoms with Gasteiger partial charge in [-0.3, -0.25) is 14.4 Å². The summed E-state index contributed by atoms with van der Waals surface area (Å²) in [4.78, 5) is 44.0. The molecule has 0 saturated heterocycles. The first-order chi connectivity index (χ1) is 47.1. The third kappa shape index (κ3) is 18.2. The molecule has 2 amide bonds. The summed E-state index contributed by atoms with van der Waals surface area (Å²) in [5, 5.41) is 42.1. The standard InChI is InChI=1S/2C23H23N5O4.C12H17N5O2.C10H8N2O2.ClH/c2*1-30-19-11-15-10-16(12-18(24)17(15)13-20(19)31-2)25-8-9-26-21(29)23-28-27-22(32-23)14-6-4-3-5-7-14;1-18-9-5-7-8(6-10(9)19-2)16-12(15-4-3-13)17-11(7)14;1-7(13)9-11-12-10(14-9)8-5-3-2-4-6-8;/h2*3-7,10-13,25H,8-9,24H2,1-2H3,(H,26,29);5-6H,3-4,13H2,1-2H3,(H3,14,15,16,17);2-6H,1H3;1H. The topological polar surface area (TPSA) is 413 Å². The lowest BCUT2D eigenvalue weighted by atomic mass is 10.1. The summed E-state index contributed by atoms with van der Waals surface area (Å²) in [6.07, 6.45) is 0. The fraction of sp³-hybridized carbons (Fsp3) is 0.191. The van der Waals surface area contributed by atoms with Crippen LogP contribution in [0.1, 0.15) is 39.0 Å². The Balaban J connectivity index is 0.000000174. The number of aromatic nitrogens is 8. The van der Waals surface area contributed by atoms with Crippen LogP contribution < -0.4 is 77.9 Å². The van der Waals surface area contributed by atoms with E-state index in [1.807, 2.05) is 140 Å². The highest BCUT2D eigenvalue weighted by Crippen LogP contribution is 2.38. The number of rotatable bonds is 23. The highest BCUT2D eigenvalue weighted by atomic mass is 35.5.